The van der Waals surface area contributed by atoms with E-state index in [2.05, 4.69) is 5.16 Å². The lowest BCUT2D eigenvalue weighted by Gasteiger charge is -1.98. The van der Waals surface area contributed by atoms with Crippen LogP contribution in [0.2, 0.25) is 0 Å². The third-order valence-electron chi connectivity index (χ3n) is 2.48. The van der Waals surface area contributed by atoms with Crippen molar-refractivity contribution in [3.8, 4) is 5.75 Å². The quantitative estimate of drug-likeness (QED) is 0.880. The lowest BCUT2D eigenvalue weighted by atomic mass is 10.2. The molecule has 0 atom stereocenters. The first-order chi connectivity index (χ1) is 8.20. The van der Waals surface area contributed by atoms with E-state index in [1.165, 1.54) is 0 Å². The zero-order chi connectivity index (χ0) is 12.3. The highest BCUT2D eigenvalue weighted by Crippen LogP contribution is 2.19. The van der Waals surface area contributed by atoms with Crippen LogP contribution in [-0.4, -0.2) is 12.3 Å². The van der Waals surface area contributed by atoms with Crippen molar-refractivity contribution in [3.05, 3.63) is 41.3 Å². The minimum absolute atomic E-state index is 0.578. The van der Waals surface area contributed by atoms with Crippen LogP contribution in [-0.2, 0) is 0 Å². The average molecular weight is 230 g/mol. The summed E-state index contributed by atoms with van der Waals surface area (Å²) in [6, 6.07) is 7.70. The molecule has 88 valence electrons. The Bertz CT molecular complexity index is 527. The van der Waals surface area contributed by atoms with Crippen LogP contribution in [0.4, 0.5) is 5.69 Å². The Morgan fingerprint density at radius 2 is 1.94 bits per heavy atom. The first kappa shape index (κ1) is 11.3. The molecular weight excluding hydrogens is 216 g/mol. The van der Waals surface area contributed by atoms with E-state index in [0.717, 1.165) is 11.3 Å². The fraction of sp³-hybridized carbons (Fsp3) is 0.154. The Hall–Kier alpha value is -2.23. The van der Waals surface area contributed by atoms with Crippen molar-refractivity contribution in [2.45, 2.75) is 6.92 Å². The van der Waals surface area contributed by atoms with Gasteiger partial charge in [-0.1, -0.05) is 23.4 Å². The van der Waals surface area contributed by atoms with Crippen LogP contribution >= 0.6 is 0 Å². The zero-order valence-electron chi connectivity index (χ0n) is 9.81. The molecule has 1 heterocycles. The minimum Gasteiger partial charge on any atom is -0.497 e. The van der Waals surface area contributed by atoms with Gasteiger partial charge in [0.1, 0.15) is 17.1 Å². The van der Waals surface area contributed by atoms with E-state index in [1.54, 1.807) is 13.2 Å². The summed E-state index contributed by atoms with van der Waals surface area (Å²) < 4.78 is 10.2. The molecule has 0 bridgehead atoms. The maximum absolute atomic E-state index is 5.78. The second-order valence-electron chi connectivity index (χ2n) is 3.65. The van der Waals surface area contributed by atoms with Crippen LogP contribution in [0.1, 0.15) is 17.0 Å². The molecule has 0 saturated carbocycles. The number of hydrogen-bond acceptors (Lipinski definition) is 4. The number of methoxy groups -OCH3 is 1. The Labute approximate surface area is 99.7 Å². The van der Waals surface area contributed by atoms with E-state index in [4.69, 9.17) is 15.0 Å². The smallest absolute Gasteiger partial charge is 0.182 e. The Balaban J connectivity index is 2.17. The van der Waals surface area contributed by atoms with Gasteiger partial charge < -0.3 is 15.0 Å². The van der Waals surface area contributed by atoms with Gasteiger partial charge in [-0.25, -0.2) is 0 Å². The molecule has 4 heteroatoms. The molecule has 0 aliphatic rings. The van der Waals surface area contributed by atoms with E-state index in [-0.39, 0.29) is 0 Å². The molecule has 17 heavy (non-hydrogen) atoms. The van der Waals surface area contributed by atoms with E-state index in [0.29, 0.717) is 17.1 Å². The molecule has 0 radical (unpaired) electrons. The van der Waals surface area contributed by atoms with E-state index >= 15 is 0 Å². The van der Waals surface area contributed by atoms with Crippen LogP contribution in [0.3, 0.4) is 0 Å². The Morgan fingerprint density at radius 3 is 2.47 bits per heavy atom. The Morgan fingerprint density at radius 1 is 1.24 bits per heavy atom. The van der Waals surface area contributed by atoms with Crippen molar-refractivity contribution in [2.75, 3.05) is 12.8 Å². The Kier molecular flexibility index (Phi) is 3.14. The summed E-state index contributed by atoms with van der Waals surface area (Å²) in [6.45, 7) is 1.81. The summed E-state index contributed by atoms with van der Waals surface area (Å²) in [5.74, 6) is 1.41. The van der Waals surface area contributed by atoms with Gasteiger partial charge in [0.2, 0.25) is 0 Å². The molecule has 0 aliphatic carbocycles. The van der Waals surface area contributed by atoms with Crippen molar-refractivity contribution in [1.82, 2.24) is 5.16 Å². The van der Waals surface area contributed by atoms with Gasteiger partial charge >= 0.3 is 0 Å². The normalized spacial score (nSPS) is 10.9. The van der Waals surface area contributed by atoms with Crippen LogP contribution < -0.4 is 10.5 Å². The molecule has 0 aliphatic heterocycles. The van der Waals surface area contributed by atoms with Crippen molar-refractivity contribution in [2.24, 2.45) is 0 Å². The molecule has 0 amide bonds. The largest absolute Gasteiger partial charge is 0.497 e. The van der Waals surface area contributed by atoms with E-state index < -0.39 is 0 Å². The number of rotatable bonds is 3. The third kappa shape index (κ3) is 2.47. The number of anilines is 1. The molecule has 0 spiro atoms. The number of nitrogens with two attached hydrogens (primary N) is 1. The van der Waals surface area contributed by atoms with Gasteiger partial charge in [0, 0.05) is 0 Å². The lowest BCUT2D eigenvalue weighted by Crippen LogP contribution is -1.86. The molecular formula is C13H14N2O2. The summed E-state index contributed by atoms with van der Waals surface area (Å²) in [7, 11) is 1.64. The van der Waals surface area contributed by atoms with E-state index in [1.807, 2.05) is 37.3 Å². The van der Waals surface area contributed by atoms with Gasteiger partial charge in [0.15, 0.2) is 5.76 Å². The van der Waals surface area contributed by atoms with Gasteiger partial charge in [-0.2, -0.15) is 0 Å². The summed E-state index contributed by atoms with van der Waals surface area (Å²) in [4.78, 5) is 0. The molecule has 2 N–H and O–H groups in total. The van der Waals surface area contributed by atoms with Gasteiger partial charge in [0.05, 0.1) is 7.11 Å². The van der Waals surface area contributed by atoms with Crippen LogP contribution in [0, 0.1) is 6.92 Å². The monoisotopic (exact) mass is 230 g/mol. The van der Waals surface area contributed by atoms with Crippen LogP contribution in [0.15, 0.2) is 28.8 Å². The van der Waals surface area contributed by atoms with Gasteiger partial charge in [-0.3, -0.25) is 0 Å². The van der Waals surface area contributed by atoms with Gasteiger partial charge in [-0.15, -0.1) is 0 Å². The van der Waals surface area contributed by atoms with Crippen molar-refractivity contribution >= 4 is 17.8 Å². The summed E-state index contributed by atoms with van der Waals surface area (Å²) in [5, 5.41) is 3.78. The first-order valence-electron chi connectivity index (χ1n) is 5.24. The standard InChI is InChI=1S/C13H14N2O2/c1-9-13(14)12(17-15-9)8-5-10-3-6-11(16-2)7-4-10/h3-8H,14H2,1-2H3. The summed E-state index contributed by atoms with van der Waals surface area (Å²) >= 11 is 0. The molecule has 0 fully saturated rings. The maximum atomic E-state index is 5.78. The highest BCUT2D eigenvalue weighted by Gasteiger charge is 2.04. The lowest BCUT2D eigenvalue weighted by molar-refractivity contribution is 0.408. The number of nitrogens with zero attached hydrogens (tertiary/aromatic N) is 1. The molecule has 2 aromatic rings. The van der Waals surface area contributed by atoms with Crippen LogP contribution in [0.5, 0.6) is 5.75 Å². The molecule has 2 rings (SSSR count). The van der Waals surface area contributed by atoms with Gasteiger partial charge in [0.25, 0.3) is 0 Å². The maximum Gasteiger partial charge on any atom is 0.182 e. The SMILES string of the molecule is COc1ccc(C=Cc2onc(C)c2N)cc1. The molecule has 1 aromatic heterocycles. The third-order valence-corrected chi connectivity index (χ3v) is 2.48. The topological polar surface area (TPSA) is 61.3 Å². The van der Waals surface area contributed by atoms with Crippen molar-refractivity contribution < 1.29 is 9.26 Å². The fourth-order valence-corrected chi connectivity index (χ4v) is 1.40. The minimum atomic E-state index is 0.578. The number of aromatic nitrogens is 1. The molecule has 0 unspecified atom stereocenters. The van der Waals surface area contributed by atoms with Gasteiger partial charge in [-0.05, 0) is 30.7 Å². The first-order valence-corrected chi connectivity index (χ1v) is 5.24. The molecule has 0 saturated heterocycles. The average Bonchev–Trinajstić information content (AvgIpc) is 2.68. The predicted molar refractivity (Wildman–Crippen MR) is 67.6 cm³/mol. The number of ether oxygens (including phenoxy) is 1. The zero-order valence-corrected chi connectivity index (χ0v) is 9.81. The summed E-state index contributed by atoms with van der Waals surface area (Å²) in [6.07, 6.45) is 3.72. The number of hydrogen-bond donors (Lipinski definition) is 1. The predicted octanol–water partition coefficient (Wildman–Crippen LogP) is 2.74. The number of nitrogen functional groups attached to an aromatic ring is 1. The highest BCUT2D eigenvalue weighted by molar-refractivity contribution is 5.73. The second-order valence-corrected chi connectivity index (χ2v) is 3.65. The second kappa shape index (κ2) is 4.74. The van der Waals surface area contributed by atoms with Crippen molar-refractivity contribution in [1.29, 1.82) is 0 Å². The number of benzene rings is 1. The fourth-order valence-electron chi connectivity index (χ4n) is 1.40. The van der Waals surface area contributed by atoms with E-state index in [9.17, 15) is 0 Å². The molecule has 4 nitrogen and oxygen atoms in total. The van der Waals surface area contributed by atoms with Crippen LogP contribution in [0.25, 0.3) is 12.2 Å². The summed E-state index contributed by atoms with van der Waals surface area (Å²) in [5.41, 5.74) is 8.11. The van der Waals surface area contributed by atoms with Crippen molar-refractivity contribution in [3.63, 3.8) is 0 Å². The number of aryl methyl sites for hydroxylation is 1. The molecule has 1 aromatic carbocycles. The highest BCUT2D eigenvalue weighted by atomic mass is 16.5.